The fraction of sp³-hybridized carbons (Fsp3) is 0.556. The Morgan fingerprint density at radius 3 is 0.650 bits per heavy atom. The predicted molar refractivity (Wildman–Crippen MR) is 223 cm³/mol. The van der Waals surface area contributed by atoms with Crippen LogP contribution in [0, 0.1) is 21.6 Å². The molecule has 0 radical (unpaired) electrons. The molecule has 0 amide bonds. The molecule has 60 heavy (non-hydrogen) atoms. The van der Waals surface area contributed by atoms with Crippen molar-refractivity contribution in [2.45, 2.75) is 77.0 Å². The standard InChI is InChI=1S/4C9H15N5O/c4*10-7-6-8(12-9(11)14(7)15)13-4-2-1-3-5-13/h4*6,11,15H,1-5,10H2. The van der Waals surface area contributed by atoms with Crippen LogP contribution in [0.5, 0.6) is 0 Å². The molecule has 0 unspecified atom stereocenters. The minimum Gasteiger partial charge on any atom is -0.423 e. The van der Waals surface area contributed by atoms with Gasteiger partial charge in [0.15, 0.2) is 0 Å². The van der Waals surface area contributed by atoms with E-state index in [4.69, 9.17) is 44.6 Å². The minimum absolute atomic E-state index is 0.149. The van der Waals surface area contributed by atoms with Gasteiger partial charge in [-0.2, -0.15) is 19.9 Å². The molecule has 8 rings (SSSR count). The lowest BCUT2D eigenvalue weighted by Crippen LogP contribution is -2.33. The number of rotatable bonds is 4. The van der Waals surface area contributed by atoms with E-state index in [1.54, 1.807) is 24.3 Å². The second-order valence-corrected chi connectivity index (χ2v) is 14.9. The van der Waals surface area contributed by atoms with Crippen molar-refractivity contribution >= 4 is 46.5 Å². The molecule has 16 N–H and O–H groups in total. The zero-order chi connectivity index (χ0) is 43.3. The largest absolute Gasteiger partial charge is 0.423 e. The first kappa shape index (κ1) is 44.2. The summed E-state index contributed by atoms with van der Waals surface area (Å²) in [5.41, 5.74) is 21.3. The zero-order valence-electron chi connectivity index (χ0n) is 33.9. The number of nitrogens with two attached hydrogens (primary N) is 4. The molecule has 328 valence electrons. The van der Waals surface area contributed by atoms with Gasteiger partial charge in [-0.15, -0.1) is 18.9 Å². The monoisotopic (exact) mass is 837 g/mol. The molecule has 4 aliphatic heterocycles. The quantitative estimate of drug-likeness (QED) is 0.126. The molecule has 4 aromatic rings. The number of nitrogens with zero attached hydrogens (tertiary/aromatic N) is 12. The number of nitrogen functional groups attached to an aromatic ring is 4. The highest BCUT2D eigenvalue weighted by Gasteiger charge is 2.17. The molecule has 0 spiro atoms. The normalized spacial score (nSPS) is 16.7. The first-order valence-corrected chi connectivity index (χ1v) is 20.3. The van der Waals surface area contributed by atoms with Gasteiger partial charge in [-0.05, 0) is 77.0 Å². The molecular weight excluding hydrogens is 777 g/mol. The van der Waals surface area contributed by atoms with E-state index in [1.165, 1.54) is 25.7 Å². The van der Waals surface area contributed by atoms with Crippen LogP contribution in [0.1, 0.15) is 77.0 Å². The van der Waals surface area contributed by atoms with Crippen LogP contribution in [0.4, 0.5) is 46.5 Å². The second-order valence-electron chi connectivity index (χ2n) is 14.9. The molecule has 24 heteroatoms. The first-order chi connectivity index (χ1) is 28.7. The lowest BCUT2D eigenvalue weighted by molar-refractivity contribution is 0.171. The average molecular weight is 837 g/mol. The molecule has 4 aliphatic rings. The molecule has 0 aliphatic carbocycles. The summed E-state index contributed by atoms with van der Waals surface area (Å²) >= 11 is 0. The minimum atomic E-state index is -0.226. The summed E-state index contributed by atoms with van der Waals surface area (Å²) in [6, 6.07) is 6.40. The van der Waals surface area contributed by atoms with Crippen LogP contribution in [-0.2, 0) is 0 Å². The third-order valence-electron chi connectivity index (χ3n) is 10.5. The second kappa shape index (κ2) is 20.7. The van der Waals surface area contributed by atoms with Gasteiger partial charge < -0.3 is 63.4 Å². The molecule has 4 aromatic heterocycles. The van der Waals surface area contributed by atoms with Gasteiger partial charge in [0.05, 0.1) is 0 Å². The third kappa shape index (κ3) is 11.6. The molecular formula is C36H60N20O4. The Labute approximate surface area is 346 Å². The van der Waals surface area contributed by atoms with Crippen LogP contribution in [-0.4, -0.2) is 112 Å². The summed E-state index contributed by atoms with van der Waals surface area (Å²) in [6.07, 6.45) is 14.1. The van der Waals surface area contributed by atoms with Crippen LogP contribution in [0.3, 0.4) is 0 Å². The molecule has 0 bridgehead atoms. The van der Waals surface area contributed by atoms with Crippen LogP contribution < -0.4 is 65.0 Å². The zero-order valence-corrected chi connectivity index (χ0v) is 33.9. The first-order valence-electron chi connectivity index (χ1n) is 20.3. The highest BCUT2D eigenvalue weighted by atomic mass is 16.5. The summed E-state index contributed by atoms with van der Waals surface area (Å²) in [5.74, 6) is 3.33. The number of aromatic nitrogens is 8. The van der Waals surface area contributed by atoms with Crippen molar-refractivity contribution in [2.24, 2.45) is 0 Å². The number of hydrogen-bond acceptors (Lipinski definition) is 20. The van der Waals surface area contributed by atoms with Gasteiger partial charge in [0.2, 0.25) is 0 Å². The molecule has 0 aromatic carbocycles. The third-order valence-corrected chi connectivity index (χ3v) is 10.5. The van der Waals surface area contributed by atoms with E-state index in [0.29, 0.717) is 42.2 Å². The smallest absolute Gasteiger partial charge is 0.259 e. The summed E-state index contributed by atoms with van der Waals surface area (Å²) in [6.45, 7) is 7.57. The van der Waals surface area contributed by atoms with E-state index in [1.807, 2.05) is 0 Å². The number of piperidine rings is 4. The maximum Gasteiger partial charge on any atom is 0.259 e. The topological polar surface area (TPSA) is 365 Å². The molecule has 0 saturated carbocycles. The van der Waals surface area contributed by atoms with Gasteiger partial charge in [-0.25, -0.2) is 0 Å². The van der Waals surface area contributed by atoms with E-state index in [0.717, 1.165) is 104 Å². The molecule has 8 heterocycles. The van der Waals surface area contributed by atoms with Gasteiger partial charge >= 0.3 is 0 Å². The van der Waals surface area contributed by atoms with Crippen LogP contribution >= 0.6 is 0 Å². The Kier molecular flexibility index (Phi) is 15.3. The van der Waals surface area contributed by atoms with Gasteiger partial charge in [-0.3, -0.25) is 21.6 Å². The summed E-state index contributed by atoms with van der Waals surface area (Å²) < 4.78 is 2.31. The lowest BCUT2D eigenvalue weighted by Gasteiger charge is -2.27. The van der Waals surface area contributed by atoms with Crippen molar-refractivity contribution in [3.8, 4) is 0 Å². The van der Waals surface area contributed by atoms with Crippen molar-refractivity contribution in [1.29, 1.82) is 21.6 Å². The van der Waals surface area contributed by atoms with Crippen molar-refractivity contribution in [1.82, 2.24) is 38.9 Å². The van der Waals surface area contributed by atoms with Gasteiger partial charge in [-0.1, -0.05) is 0 Å². The Bertz CT molecular complexity index is 1950. The van der Waals surface area contributed by atoms with Crippen molar-refractivity contribution in [3.63, 3.8) is 0 Å². The van der Waals surface area contributed by atoms with Crippen LogP contribution in [0.25, 0.3) is 0 Å². The highest BCUT2D eigenvalue weighted by Crippen LogP contribution is 2.20. The molecule has 0 atom stereocenters. The molecule has 24 nitrogen and oxygen atoms in total. The van der Waals surface area contributed by atoms with Gasteiger partial charge in [0.25, 0.3) is 22.5 Å². The summed E-state index contributed by atoms with van der Waals surface area (Å²) in [4.78, 5) is 24.3. The van der Waals surface area contributed by atoms with E-state index >= 15 is 0 Å². The fourth-order valence-corrected chi connectivity index (χ4v) is 7.16. The number of nitrogens with one attached hydrogen (secondary N) is 4. The Hall–Kier alpha value is -6.88. The number of hydrogen-bond donors (Lipinski definition) is 12. The van der Waals surface area contributed by atoms with E-state index < -0.39 is 0 Å². The molecule has 4 saturated heterocycles. The summed E-state index contributed by atoms with van der Waals surface area (Å²) in [5, 5.41) is 66.7. The van der Waals surface area contributed by atoms with Crippen molar-refractivity contribution < 1.29 is 20.8 Å². The predicted octanol–water partition coefficient (Wildman–Crippen LogP) is 0.689. The summed E-state index contributed by atoms with van der Waals surface area (Å²) in [7, 11) is 0. The highest BCUT2D eigenvalue weighted by molar-refractivity contribution is 5.48. The van der Waals surface area contributed by atoms with Crippen LogP contribution in [0.15, 0.2) is 24.3 Å². The maximum atomic E-state index is 9.25. The Morgan fingerprint density at radius 1 is 0.333 bits per heavy atom. The average Bonchev–Trinajstić information content (AvgIpc) is 3.27. The van der Waals surface area contributed by atoms with Gasteiger partial charge in [0, 0.05) is 76.6 Å². The van der Waals surface area contributed by atoms with Crippen LogP contribution in [0.2, 0.25) is 0 Å². The Balaban J connectivity index is 0.000000152. The van der Waals surface area contributed by atoms with E-state index in [2.05, 4.69) is 39.5 Å². The van der Waals surface area contributed by atoms with Gasteiger partial charge in [0.1, 0.15) is 46.5 Å². The van der Waals surface area contributed by atoms with Crippen molar-refractivity contribution in [3.05, 3.63) is 46.7 Å². The fourth-order valence-electron chi connectivity index (χ4n) is 7.16. The lowest BCUT2D eigenvalue weighted by atomic mass is 10.1. The van der Waals surface area contributed by atoms with E-state index in [9.17, 15) is 20.8 Å². The SMILES string of the molecule is N=c1nc(N2CCCCC2)cc(N)n1O.N=c1nc(N2CCCCC2)cc(N)n1O.N=c1nc(N2CCCCC2)cc(N)n1O.N=c1nc(N2CCCCC2)cc(N)n1O. The molecule has 4 fully saturated rings. The number of anilines is 8. The maximum absolute atomic E-state index is 9.25. The Morgan fingerprint density at radius 2 is 0.500 bits per heavy atom. The van der Waals surface area contributed by atoms with E-state index in [-0.39, 0.29) is 45.7 Å². The van der Waals surface area contributed by atoms with Crippen molar-refractivity contribution in [2.75, 3.05) is 94.9 Å².